The quantitative estimate of drug-likeness (QED) is 0.268. The van der Waals surface area contributed by atoms with Crippen molar-refractivity contribution in [3.8, 4) is 0 Å². The van der Waals surface area contributed by atoms with Crippen LogP contribution >= 0.6 is 0 Å². The van der Waals surface area contributed by atoms with Crippen molar-refractivity contribution in [1.29, 1.82) is 0 Å². The van der Waals surface area contributed by atoms with E-state index in [0.29, 0.717) is 6.29 Å². The first kappa shape index (κ1) is 10.8. The van der Waals surface area contributed by atoms with E-state index in [9.17, 15) is 9.59 Å². The Morgan fingerprint density at radius 2 is 2.25 bits per heavy atom. The third kappa shape index (κ3) is 4.59. The van der Waals surface area contributed by atoms with Gasteiger partial charge in [-0.25, -0.2) is 9.90 Å². The summed E-state index contributed by atoms with van der Waals surface area (Å²) in [6.07, 6.45) is 1.51. The second-order valence-electron chi connectivity index (χ2n) is 2.04. The predicted molar refractivity (Wildman–Crippen MR) is 40.7 cm³/mol. The zero-order chi connectivity index (χ0) is 9.56. The van der Waals surface area contributed by atoms with Crippen molar-refractivity contribution in [2.45, 2.75) is 13.2 Å². The molecular weight excluding hydrogens is 162 g/mol. The Bertz CT molecular complexity index is 188. The van der Waals surface area contributed by atoms with Crippen LogP contribution in [0.2, 0.25) is 0 Å². The number of rotatable bonds is 4. The molecule has 1 atom stereocenters. The first-order valence-electron chi connectivity index (χ1n) is 3.32. The van der Waals surface area contributed by atoms with Gasteiger partial charge in [0.05, 0.1) is 0 Å². The van der Waals surface area contributed by atoms with Gasteiger partial charge in [-0.15, -0.1) is 0 Å². The molecule has 5 nitrogen and oxygen atoms in total. The second-order valence-corrected chi connectivity index (χ2v) is 2.04. The highest BCUT2D eigenvalue weighted by Crippen LogP contribution is 1.92. The highest BCUT2D eigenvalue weighted by atomic mass is 16.8. The van der Waals surface area contributed by atoms with E-state index in [-0.39, 0.29) is 0 Å². The molecule has 0 bridgehead atoms. The van der Waals surface area contributed by atoms with E-state index in [1.165, 1.54) is 14.0 Å². The van der Waals surface area contributed by atoms with Crippen LogP contribution in [0.25, 0.3) is 0 Å². The Balaban J connectivity index is 3.92. The number of aldehydes is 1. The third-order valence-corrected chi connectivity index (χ3v) is 0.938. The van der Waals surface area contributed by atoms with Crippen LogP contribution in [0.5, 0.6) is 0 Å². The fourth-order valence-corrected chi connectivity index (χ4v) is 0.507. The van der Waals surface area contributed by atoms with E-state index >= 15 is 0 Å². The molecule has 0 aliphatic carbocycles. The minimum absolute atomic E-state index is 0.480. The number of amides is 1. The minimum Gasteiger partial charge on any atom is -0.366 e. The second kappa shape index (κ2) is 5.45. The standard InChI is InChI=1S/C7H11NO4/c1-6(10)12-8(2)7(11)4-3-5-9/h3-6,10H,1-2H3/b4-3-. The molecule has 0 rings (SSSR count). The molecule has 12 heavy (non-hydrogen) atoms. The number of carbonyl (C=O) groups excluding carboxylic acids is 2. The predicted octanol–water partition coefficient (Wildman–Crippen LogP) is -0.530. The summed E-state index contributed by atoms with van der Waals surface area (Å²) in [4.78, 5) is 25.3. The van der Waals surface area contributed by atoms with Crippen LogP contribution in [0, 0.1) is 0 Å². The average molecular weight is 173 g/mol. The molecule has 0 saturated heterocycles. The van der Waals surface area contributed by atoms with Gasteiger partial charge in [0, 0.05) is 13.1 Å². The Morgan fingerprint density at radius 3 is 2.67 bits per heavy atom. The summed E-state index contributed by atoms with van der Waals surface area (Å²) in [5, 5.41) is 9.53. The van der Waals surface area contributed by atoms with Crippen molar-refractivity contribution in [1.82, 2.24) is 5.06 Å². The summed E-state index contributed by atoms with van der Waals surface area (Å²) in [5.74, 6) is -0.511. The van der Waals surface area contributed by atoms with Crippen molar-refractivity contribution in [3.05, 3.63) is 12.2 Å². The van der Waals surface area contributed by atoms with Crippen LogP contribution in [0.1, 0.15) is 6.92 Å². The summed E-state index contributed by atoms with van der Waals surface area (Å²) in [5.41, 5.74) is 0. The average Bonchev–Trinajstić information content (AvgIpc) is 1.98. The Hall–Kier alpha value is -1.20. The molecule has 1 unspecified atom stereocenters. The number of hydroxylamine groups is 2. The number of aliphatic hydroxyl groups excluding tert-OH is 1. The van der Waals surface area contributed by atoms with Crippen LogP contribution in [0.3, 0.4) is 0 Å². The maximum absolute atomic E-state index is 10.9. The largest absolute Gasteiger partial charge is 0.366 e. The fourth-order valence-electron chi connectivity index (χ4n) is 0.507. The Kier molecular flexibility index (Phi) is 4.91. The van der Waals surface area contributed by atoms with Crippen molar-refractivity contribution in [2.75, 3.05) is 7.05 Å². The molecule has 0 aliphatic rings. The first-order valence-corrected chi connectivity index (χ1v) is 3.32. The lowest BCUT2D eigenvalue weighted by atomic mass is 10.5. The Labute approximate surface area is 70.2 Å². The lowest BCUT2D eigenvalue weighted by Crippen LogP contribution is -2.29. The normalized spacial score (nSPS) is 12.9. The lowest BCUT2D eigenvalue weighted by molar-refractivity contribution is -0.236. The van der Waals surface area contributed by atoms with E-state index in [1.54, 1.807) is 0 Å². The third-order valence-electron chi connectivity index (χ3n) is 0.938. The van der Waals surface area contributed by atoms with Gasteiger partial charge in [-0.1, -0.05) is 0 Å². The summed E-state index contributed by atoms with van der Waals surface area (Å²) >= 11 is 0. The summed E-state index contributed by atoms with van der Waals surface area (Å²) in [6.45, 7) is 1.37. The molecule has 0 aromatic heterocycles. The van der Waals surface area contributed by atoms with Crippen LogP contribution in [-0.2, 0) is 14.4 Å². The smallest absolute Gasteiger partial charge is 0.270 e. The molecule has 0 aromatic carbocycles. The highest BCUT2D eigenvalue weighted by Gasteiger charge is 2.07. The van der Waals surface area contributed by atoms with Gasteiger partial charge in [0.2, 0.25) is 0 Å². The molecule has 0 spiro atoms. The molecule has 0 aromatic rings. The molecule has 0 radical (unpaired) electrons. The molecule has 5 heteroatoms. The lowest BCUT2D eigenvalue weighted by Gasteiger charge is -2.16. The molecular formula is C7H11NO4. The molecule has 1 amide bonds. The van der Waals surface area contributed by atoms with E-state index in [4.69, 9.17) is 5.11 Å². The van der Waals surface area contributed by atoms with Crippen molar-refractivity contribution < 1.29 is 19.5 Å². The molecule has 0 aliphatic heterocycles. The van der Waals surface area contributed by atoms with E-state index in [2.05, 4.69) is 4.84 Å². The maximum Gasteiger partial charge on any atom is 0.270 e. The van der Waals surface area contributed by atoms with E-state index in [1.807, 2.05) is 0 Å². The number of nitrogens with zero attached hydrogens (tertiary/aromatic N) is 1. The number of hydrogen-bond donors (Lipinski definition) is 1. The van der Waals surface area contributed by atoms with Gasteiger partial charge in [0.1, 0.15) is 6.29 Å². The van der Waals surface area contributed by atoms with Gasteiger partial charge in [-0.05, 0) is 13.0 Å². The van der Waals surface area contributed by atoms with Crippen molar-refractivity contribution >= 4 is 12.2 Å². The number of hydrogen-bond acceptors (Lipinski definition) is 4. The molecule has 1 N–H and O–H groups in total. The van der Waals surface area contributed by atoms with Gasteiger partial charge in [-0.2, -0.15) is 0 Å². The fraction of sp³-hybridized carbons (Fsp3) is 0.429. The van der Waals surface area contributed by atoms with Crippen LogP contribution < -0.4 is 0 Å². The number of carbonyl (C=O) groups is 2. The Morgan fingerprint density at radius 1 is 1.67 bits per heavy atom. The van der Waals surface area contributed by atoms with Crippen molar-refractivity contribution in [2.24, 2.45) is 0 Å². The highest BCUT2D eigenvalue weighted by molar-refractivity contribution is 5.90. The van der Waals surface area contributed by atoms with Gasteiger partial charge >= 0.3 is 0 Å². The number of aliphatic hydroxyl groups is 1. The topological polar surface area (TPSA) is 66.8 Å². The maximum atomic E-state index is 10.9. The van der Waals surface area contributed by atoms with Gasteiger partial charge in [0.25, 0.3) is 5.91 Å². The number of likely N-dealkylation sites (N-methyl/N-ethyl adjacent to an activating group) is 1. The number of allylic oxidation sites excluding steroid dienone is 1. The van der Waals surface area contributed by atoms with Gasteiger partial charge in [-0.3, -0.25) is 9.59 Å². The zero-order valence-corrected chi connectivity index (χ0v) is 6.93. The monoisotopic (exact) mass is 173 g/mol. The van der Waals surface area contributed by atoms with Crippen LogP contribution in [0.4, 0.5) is 0 Å². The molecule has 68 valence electrons. The summed E-state index contributed by atoms with van der Waals surface area (Å²) < 4.78 is 0. The SMILES string of the molecule is CC(O)ON(C)C(=O)/C=C\C=O. The van der Waals surface area contributed by atoms with E-state index in [0.717, 1.165) is 17.2 Å². The zero-order valence-electron chi connectivity index (χ0n) is 6.93. The molecule has 0 saturated carbocycles. The molecule has 0 fully saturated rings. The van der Waals surface area contributed by atoms with Crippen LogP contribution in [-0.4, -0.2) is 35.7 Å². The summed E-state index contributed by atoms with van der Waals surface area (Å²) in [6, 6.07) is 0. The van der Waals surface area contributed by atoms with Gasteiger partial charge in [0.15, 0.2) is 6.29 Å². The minimum atomic E-state index is -1.05. The molecule has 0 heterocycles. The summed E-state index contributed by atoms with van der Waals surface area (Å²) in [7, 11) is 1.34. The van der Waals surface area contributed by atoms with Crippen LogP contribution in [0.15, 0.2) is 12.2 Å². The van der Waals surface area contributed by atoms with E-state index < -0.39 is 12.2 Å². The van der Waals surface area contributed by atoms with Crippen molar-refractivity contribution in [3.63, 3.8) is 0 Å². The van der Waals surface area contributed by atoms with Gasteiger partial charge < -0.3 is 5.11 Å². The first-order chi connectivity index (χ1) is 5.57.